The molecule has 2 bridgehead atoms. The van der Waals surface area contributed by atoms with Crippen molar-refractivity contribution < 1.29 is 19.1 Å². The zero-order valence-corrected chi connectivity index (χ0v) is 14.7. The van der Waals surface area contributed by atoms with Gasteiger partial charge >= 0.3 is 11.9 Å². The summed E-state index contributed by atoms with van der Waals surface area (Å²) in [6, 6.07) is 3.97. The van der Waals surface area contributed by atoms with Crippen molar-refractivity contribution in [2.24, 2.45) is 10.8 Å². The van der Waals surface area contributed by atoms with Crippen molar-refractivity contribution in [3.63, 3.8) is 0 Å². The lowest BCUT2D eigenvalue weighted by Crippen LogP contribution is -2.50. The Morgan fingerprint density at radius 2 is 1.65 bits per heavy atom. The second-order valence-corrected chi connectivity index (χ2v) is 7.79. The third-order valence-electron chi connectivity index (χ3n) is 6.21. The summed E-state index contributed by atoms with van der Waals surface area (Å²) in [5.74, 6) is -0.169. The highest BCUT2D eigenvalue weighted by Crippen LogP contribution is 2.65. The van der Waals surface area contributed by atoms with Gasteiger partial charge in [-0.25, -0.2) is 4.79 Å². The fraction of sp³-hybridized carbons (Fsp3) is 0.579. The van der Waals surface area contributed by atoms with Crippen LogP contribution in [-0.2, 0) is 14.3 Å². The SMILES string of the molecule is Cc1cc(C)c(OC(=O)[C@@]23CC[C@](C)(C(=O)O2)C3(C)C)c(C)c1. The van der Waals surface area contributed by atoms with Crippen molar-refractivity contribution in [2.75, 3.05) is 0 Å². The van der Waals surface area contributed by atoms with E-state index >= 15 is 0 Å². The molecule has 4 heteroatoms. The van der Waals surface area contributed by atoms with Crippen molar-refractivity contribution in [3.8, 4) is 5.75 Å². The highest BCUT2D eigenvalue weighted by atomic mass is 16.6. The second-order valence-electron chi connectivity index (χ2n) is 7.79. The lowest BCUT2D eigenvalue weighted by Gasteiger charge is -2.34. The Hall–Kier alpha value is -1.84. The predicted octanol–water partition coefficient (Wildman–Crippen LogP) is 3.64. The average molecular weight is 316 g/mol. The minimum Gasteiger partial charge on any atom is -0.446 e. The Morgan fingerprint density at radius 1 is 1.09 bits per heavy atom. The Balaban J connectivity index is 1.98. The van der Waals surface area contributed by atoms with Crippen LogP contribution >= 0.6 is 0 Å². The van der Waals surface area contributed by atoms with Crippen LogP contribution in [0.3, 0.4) is 0 Å². The van der Waals surface area contributed by atoms with E-state index in [1.807, 2.05) is 53.7 Å². The first-order valence-corrected chi connectivity index (χ1v) is 8.09. The quantitative estimate of drug-likeness (QED) is 0.617. The molecule has 1 saturated carbocycles. The van der Waals surface area contributed by atoms with Crippen molar-refractivity contribution in [2.45, 2.75) is 60.0 Å². The van der Waals surface area contributed by atoms with Gasteiger partial charge in [0, 0.05) is 5.41 Å². The molecule has 2 aliphatic rings. The maximum absolute atomic E-state index is 13.0. The van der Waals surface area contributed by atoms with E-state index in [4.69, 9.17) is 9.47 Å². The van der Waals surface area contributed by atoms with Gasteiger partial charge in [-0.1, -0.05) is 31.5 Å². The van der Waals surface area contributed by atoms with E-state index in [0.29, 0.717) is 18.6 Å². The van der Waals surface area contributed by atoms with Gasteiger partial charge in [0.1, 0.15) is 5.75 Å². The maximum Gasteiger partial charge on any atom is 0.356 e. The Bertz CT molecular complexity index is 695. The molecule has 0 unspecified atom stereocenters. The van der Waals surface area contributed by atoms with Gasteiger partial charge in [-0.05, 0) is 51.7 Å². The topological polar surface area (TPSA) is 52.6 Å². The van der Waals surface area contributed by atoms with E-state index in [0.717, 1.165) is 16.7 Å². The molecule has 0 spiro atoms. The number of rotatable bonds is 2. The summed E-state index contributed by atoms with van der Waals surface area (Å²) >= 11 is 0. The minimum atomic E-state index is -1.18. The van der Waals surface area contributed by atoms with Crippen molar-refractivity contribution in [1.29, 1.82) is 0 Å². The summed E-state index contributed by atoms with van der Waals surface area (Å²) in [7, 11) is 0. The molecule has 1 saturated heterocycles. The molecule has 124 valence electrons. The summed E-state index contributed by atoms with van der Waals surface area (Å²) in [6.45, 7) is 11.6. The zero-order chi connectivity index (χ0) is 17.2. The van der Waals surface area contributed by atoms with E-state index in [9.17, 15) is 9.59 Å². The van der Waals surface area contributed by atoms with E-state index in [2.05, 4.69) is 0 Å². The molecule has 1 aliphatic carbocycles. The van der Waals surface area contributed by atoms with E-state index in [-0.39, 0.29) is 5.97 Å². The van der Waals surface area contributed by atoms with Crippen LogP contribution in [0.25, 0.3) is 0 Å². The van der Waals surface area contributed by atoms with Crippen LogP contribution in [0, 0.1) is 31.6 Å². The molecule has 1 aromatic rings. The Kier molecular flexibility index (Phi) is 3.20. The standard InChI is InChI=1S/C19H24O4/c1-11-9-12(2)14(13(3)10-11)22-16(21)19-8-7-18(6,15(20)23-19)17(19,4)5/h9-10H,7-8H2,1-6H3/t18-,19-/m1/s1. The molecule has 0 amide bonds. The Labute approximate surface area is 137 Å². The van der Waals surface area contributed by atoms with Crippen LogP contribution in [0.2, 0.25) is 0 Å². The Morgan fingerprint density at radius 3 is 2.09 bits per heavy atom. The van der Waals surface area contributed by atoms with Crippen LogP contribution in [0.1, 0.15) is 50.3 Å². The first-order valence-electron chi connectivity index (χ1n) is 8.09. The van der Waals surface area contributed by atoms with E-state index < -0.39 is 22.4 Å². The summed E-state index contributed by atoms with van der Waals surface area (Å²) in [4.78, 5) is 25.3. The van der Waals surface area contributed by atoms with Gasteiger partial charge in [-0.3, -0.25) is 4.79 Å². The third-order valence-corrected chi connectivity index (χ3v) is 6.21. The van der Waals surface area contributed by atoms with Gasteiger partial charge in [-0.2, -0.15) is 0 Å². The number of ether oxygens (including phenoxy) is 2. The lowest BCUT2D eigenvalue weighted by molar-refractivity contribution is -0.176. The van der Waals surface area contributed by atoms with Crippen LogP contribution in [0.5, 0.6) is 5.75 Å². The predicted molar refractivity (Wildman–Crippen MR) is 86.2 cm³/mol. The minimum absolute atomic E-state index is 0.289. The largest absolute Gasteiger partial charge is 0.446 e. The maximum atomic E-state index is 13.0. The van der Waals surface area contributed by atoms with Gasteiger partial charge < -0.3 is 9.47 Å². The van der Waals surface area contributed by atoms with Gasteiger partial charge in [0.05, 0.1) is 5.41 Å². The average Bonchev–Trinajstić information content (AvgIpc) is 2.73. The summed E-state index contributed by atoms with van der Waals surface area (Å²) in [5.41, 5.74) is 0.566. The smallest absolute Gasteiger partial charge is 0.356 e. The number of fused-ring (bicyclic) bond motifs is 2. The fourth-order valence-corrected chi connectivity index (χ4v) is 4.21. The summed E-state index contributed by atoms with van der Waals surface area (Å²) in [6.07, 6.45) is 1.17. The molecule has 3 rings (SSSR count). The van der Waals surface area contributed by atoms with Crippen LogP contribution in [0.15, 0.2) is 12.1 Å². The fourth-order valence-electron chi connectivity index (χ4n) is 4.21. The first-order chi connectivity index (χ1) is 10.5. The van der Waals surface area contributed by atoms with Gasteiger partial charge in [0.2, 0.25) is 5.60 Å². The van der Waals surface area contributed by atoms with Gasteiger partial charge in [-0.15, -0.1) is 0 Å². The monoisotopic (exact) mass is 316 g/mol. The lowest BCUT2D eigenvalue weighted by atomic mass is 9.66. The number of hydrogen-bond donors (Lipinski definition) is 0. The molecule has 0 N–H and O–H groups in total. The number of esters is 2. The number of aryl methyl sites for hydroxylation is 3. The van der Waals surface area contributed by atoms with Crippen molar-refractivity contribution >= 4 is 11.9 Å². The van der Waals surface area contributed by atoms with Crippen LogP contribution in [-0.4, -0.2) is 17.5 Å². The summed E-state index contributed by atoms with van der Waals surface area (Å²) in [5, 5.41) is 0. The third kappa shape index (κ3) is 1.84. The highest BCUT2D eigenvalue weighted by molar-refractivity contribution is 5.94. The number of carbonyl (C=O) groups is 2. The summed E-state index contributed by atoms with van der Waals surface area (Å²) < 4.78 is 11.3. The number of hydrogen-bond acceptors (Lipinski definition) is 4. The van der Waals surface area contributed by atoms with Crippen LogP contribution < -0.4 is 4.74 Å². The number of carbonyl (C=O) groups excluding carboxylic acids is 2. The van der Waals surface area contributed by atoms with E-state index in [1.165, 1.54) is 0 Å². The molecule has 2 atom stereocenters. The zero-order valence-electron chi connectivity index (χ0n) is 14.7. The molecule has 2 fully saturated rings. The highest BCUT2D eigenvalue weighted by Gasteiger charge is 2.76. The molecule has 0 radical (unpaired) electrons. The molecular formula is C19H24O4. The normalized spacial score (nSPS) is 31.1. The van der Waals surface area contributed by atoms with Gasteiger partial charge in [0.15, 0.2) is 0 Å². The number of benzene rings is 1. The molecular weight excluding hydrogens is 292 g/mol. The first kappa shape index (κ1) is 16.0. The van der Waals surface area contributed by atoms with E-state index in [1.54, 1.807) is 0 Å². The van der Waals surface area contributed by atoms with Gasteiger partial charge in [0.25, 0.3) is 0 Å². The van der Waals surface area contributed by atoms with Crippen molar-refractivity contribution in [1.82, 2.24) is 0 Å². The van der Waals surface area contributed by atoms with Crippen molar-refractivity contribution in [3.05, 3.63) is 28.8 Å². The molecule has 1 heterocycles. The molecule has 1 aromatic carbocycles. The molecule has 1 aliphatic heterocycles. The molecule has 23 heavy (non-hydrogen) atoms. The molecule has 4 nitrogen and oxygen atoms in total. The second kappa shape index (κ2) is 4.59. The molecule has 0 aromatic heterocycles. The van der Waals surface area contributed by atoms with Crippen LogP contribution in [0.4, 0.5) is 0 Å².